The van der Waals surface area contributed by atoms with Crippen molar-refractivity contribution in [2.75, 3.05) is 13.7 Å². The number of nitrogens with one attached hydrogen (secondary N) is 2. The SMILES string of the molecule is C/C=C/[C@H](NC(=O)NCC(=O)OC)[Si](C)(C)C. The molecule has 17 heavy (non-hydrogen) atoms. The molecule has 5 nitrogen and oxygen atoms in total. The summed E-state index contributed by atoms with van der Waals surface area (Å²) in [7, 11) is -0.226. The Hall–Kier alpha value is -1.30. The fourth-order valence-electron chi connectivity index (χ4n) is 1.16. The molecule has 0 saturated carbocycles. The molecule has 0 aliphatic heterocycles. The number of allylic oxidation sites excluding steroid dienone is 1. The number of methoxy groups -OCH3 is 1. The molecule has 0 heterocycles. The fraction of sp³-hybridized carbons (Fsp3) is 0.636. The second-order valence-corrected chi connectivity index (χ2v) is 10.1. The number of esters is 1. The fourth-order valence-corrected chi connectivity index (χ4v) is 2.50. The zero-order chi connectivity index (χ0) is 13.5. The van der Waals surface area contributed by atoms with Gasteiger partial charge in [-0.25, -0.2) is 4.79 Å². The van der Waals surface area contributed by atoms with Gasteiger partial charge < -0.3 is 15.4 Å². The Balaban J connectivity index is 4.28. The van der Waals surface area contributed by atoms with Crippen LogP contribution in [-0.4, -0.2) is 39.4 Å². The van der Waals surface area contributed by atoms with Gasteiger partial charge in [0.2, 0.25) is 0 Å². The van der Waals surface area contributed by atoms with Crippen molar-refractivity contribution in [3.05, 3.63) is 12.2 Å². The summed E-state index contributed by atoms with van der Waals surface area (Å²) in [6.07, 6.45) is 3.90. The number of ether oxygens (including phenoxy) is 1. The molecule has 0 aromatic rings. The van der Waals surface area contributed by atoms with E-state index in [4.69, 9.17) is 0 Å². The van der Waals surface area contributed by atoms with Gasteiger partial charge in [0.05, 0.1) is 15.2 Å². The van der Waals surface area contributed by atoms with Crippen LogP contribution in [0, 0.1) is 0 Å². The van der Waals surface area contributed by atoms with Crippen LogP contribution in [0.25, 0.3) is 0 Å². The van der Waals surface area contributed by atoms with Crippen molar-refractivity contribution < 1.29 is 14.3 Å². The number of hydrogen-bond donors (Lipinski definition) is 2. The van der Waals surface area contributed by atoms with Crippen molar-refractivity contribution in [3.63, 3.8) is 0 Å². The van der Waals surface area contributed by atoms with E-state index < -0.39 is 14.0 Å². The van der Waals surface area contributed by atoms with E-state index in [-0.39, 0.29) is 18.2 Å². The number of carbonyl (C=O) groups excluding carboxylic acids is 2. The van der Waals surface area contributed by atoms with Crippen LogP contribution in [0.5, 0.6) is 0 Å². The molecule has 0 aromatic heterocycles. The summed E-state index contributed by atoms with van der Waals surface area (Å²) in [5, 5.41) is 5.31. The van der Waals surface area contributed by atoms with E-state index in [1.165, 1.54) is 7.11 Å². The minimum Gasteiger partial charge on any atom is -0.468 e. The number of amides is 2. The van der Waals surface area contributed by atoms with Gasteiger partial charge in [-0.1, -0.05) is 31.8 Å². The molecule has 0 fully saturated rings. The molecule has 0 radical (unpaired) electrons. The summed E-state index contributed by atoms with van der Waals surface area (Å²) in [6.45, 7) is 8.30. The van der Waals surface area contributed by atoms with Crippen LogP contribution < -0.4 is 10.6 Å². The second kappa shape index (κ2) is 7.11. The topological polar surface area (TPSA) is 67.4 Å². The molecule has 0 saturated heterocycles. The van der Waals surface area contributed by atoms with Crippen molar-refractivity contribution in [1.29, 1.82) is 0 Å². The minimum atomic E-state index is -1.51. The highest BCUT2D eigenvalue weighted by molar-refractivity contribution is 6.78. The summed E-state index contributed by atoms with van der Waals surface area (Å²) >= 11 is 0. The highest BCUT2D eigenvalue weighted by atomic mass is 28.3. The van der Waals surface area contributed by atoms with Crippen LogP contribution in [0.4, 0.5) is 4.79 Å². The lowest BCUT2D eigenvalue weighted by molar-refractivity contribution is -0.139. The molecule has 98 valence electrons. The number of rotatable bonds is 5. The van der Waals surface area contributed by atoms with Gasteiger partial charge in [0.15, 0.2) is 0 Å². The van der Waals surface area contributed by atoms with Crippen molar-refractivity contribution in [2.45, 2.75) is 32.2 Å². The molecule has 2 amide bonds. The quantitative estimate of drug-likeness (QED) is 0.443. The first-order valence-corrected chi connectivity index (χ1v) is 9.13. The molecule has 0 unspecified atom stereocenters. The summed E-state index contributed by atoms with van der Waals surface area (Å²) in [5.41, 5.74) is 0.0464. The zero-order valence-corrected chi connectivity index (χ0v) is 12.2. The molecular weight excluding hydrogens is 236 g/mol. The van der Waals surface area contributed by atoms with Gasteiger partial charge in [0.1, 0.15) is 6.54 Å². The van der Waals surface area contributed by atoms with Gasteiger partial charge >= 0.3 is 12.0 Å². The Labute approximate surface area is 104 Å². The predicted molar refractivity (Wildman–Crippen MR) is 70.5 cm³/mol. The van der Waals surface area contributed by atoms with Crippen molar-refractivity contribution in [1.82, 2.24) is 10.6 Å². The second-order valence-electron chi connectivity index (χ2n) is 4.77. The Morgan fingerprint density at radius 3 is 2.35 bits per heavy atom. The normalized spacial score (nSPS) is 13.2. The smallest absolute Gasteiger partial charge is 0.325 e. The van der Waals surface area contributed by atoms with Crippen molar-refractivity contribution >= 4 is 20.1 Å². The summed E-state index contributed by atoms with van der Waals surface area (Å²) < 4.78 is 4.43. The first-order chi connectivity index (χ1) is 7.81. The lowest BCUT2D eigenvalue weighted by Crippen LogP contribution is -2.53. The maximum absolute atomic E-state index is 11.6. The van der Waals surface area contributed by atoms with Crippen LogP contribution in [0.2, 0.25) is 19.6 Å². The minimum absolute atomic E-state index is 0.0464. The zero-order valence-electron chi connectivity index (χ0n) is 11.2. The molecule has 0 bridgehead atoms. The first kappa shape index (κ1) is 15.7. The molecular formula is C11H22N2O3Si. The third kappa shape index (κ3) is 6.78. The van der Waals surface area contributed by atoms with E-state index in [2.05, 4.69) is 35.0 Å². The average Bonchev–Trinajstić information content (AvgIpc) is 2.24. The number of carbonyl (C=O) groups is 2. The van der Waals surface area contributed by atoms with Crippen LogP contribution in [0.1, 0.15) is 6.92 Å². The van der Waals surface area contributed by atoms with E-state index in [1.807, 2.05) is 19.1 Å². The summed E-state index contributed by atoms with van der Waals surface area (Å²) in [5.74, 6) is -0.462. The molecule has 0 aliphatic rings. The number of hydrogen-bond acceptors (Lipinski definition) is 3. The van der Waals surface area contributed by atoms with Gasteiger partial charge in [0, 0.05) is 5.67 Å². The third-order valence-electron chi connectivity index (χ3n) is 2.23. The van der Waals surface area contributed by atoms with Gasteiger partial charge in [-0.05, 0) is 6.92 Å². The van der Waals surface area contributed by atoms with Crippen molar-refractivity contribution in [3.8, 4) is 0 Å². The lowest BCUT2D eigenvalue weighted by Gasteiger charge is -2.27. The number of urea groups is 1. The van der Waals surface area contributed by atoms with E-state index in [1.54, 1.807) is 0 Å². The Bertz CT molecular complexity index is 298. The molecule has 0 rings (SSSR count). The van der Waals surface area contributed by atoms with Crippen LogP contribution >= 0.6 is 0 Å². The van der Waals surface area contributed by atoms with E-state index in [0.29, 0.717) is 0 Å². The summed E-state index contributed by atoms with van der Waals surface area (Å²) in [6, 6.07) is -0.346. The summed E-state index contributed by atoms with van der Waals surface area (Å²) in [4.78, 5) is 22.4. The molecule has 0 spiro atoms. The van der Waals surface area contributed by atoms with Gasteiger partial charge in [-0.3, -0.25) is 4.79 Å². The molecule has 2 N–H and O–H groups in total. The third-order valence-corrected chi connectivity index (χ3v) is 4.43. The molecule has 1 atom stereocenters. The van der Waals surface area contributed by atoms with Crippen LogP contribution in [-0.2, 0) is 9.53 Å². The molecule has 6 heteroatoms. The molecule has 0 aromatic carbocycles. The van der Waals surface area contributed by atoms with E-state index in [9.17, 15) is 9.59 Å². The van der Waals surface area contributed by atoms with Crippen LogP contribution in [0.3, 0.4) is 0 Å². The Kier molecular flexibility index (Phi) is 6.56. The monoisotopic (exact) mass is 258 g/mol. The predicted octanol–water partition coefficient (Wildman–Crippen LogP) is 1.28. The van der Waals surface area contributed by atoms with Crippen LogP contribution in [0.15, 0.2) is 12.2 Å². The van der Waals surface area contributed by atoms with Crippen molar-refractivity contribution in [2.24, 2.45) is 0 Å². The van der Waals surface area contributed by atoms with Gasteiger partial charge in [-0.15, -0.1) is 0 Å². The van der Waals surface area contributed by atoms with E-state index >= 15 is 0 Å². The Morgan fingerprint density at radius 2 is 1.94 bits per heavy atom. The maximum Gasteiger partial charge on any atom is 0.325 e. The highest BCUT2D eigenvalue weighted by Gasteiger charge is 2.25. The van der Waals surface area contributed by atoms with E-state index in [0.717, 1.165) is 0 Å². The Morgan fingerprint density at radius 1 is 1.35 bits per heavy atom. The average molecular weight is 258 g/mol. The van der Waals surface area contributed by atoms with Gasteiger partial charge in [-0.2, -0.15) is 0 Å². The molecule has 0 aliphatic carbocycles. The maximum atomic E-state index is 11.6. The first-order valence-electron chi connectivity index (χ1n) is 5.55. The lowest BCUT2D eigenvalue weighted by atomic mass is 10.5. The highest BCUT2D eigenvalue weighted by Crippen LogP contribution is 2.08. The standard InChI is InChI=1S/C11H22N2O3Si/c1-6-7-9(17(3,4)5)13-11(15)12-8-10(14)16-2/h6-7,9H,8H2,1-5H3,(H2,12,13,15)/b7-6+/t9-/m1/s1. The largest absolute Gasteiger partial charge is 0.468 e. The van der Waals surface area contributed by atoms with Gasteiger partial charge in [0.25, 0.3) is 0 Å².